The fourth-order valence-corrected chi connectivity index (χ4v) is 2.14. The minimum atomic E-state index is -0.918. The van der Waals surface area contributed by atoms with Gasteiger partial charge in [0.2, 0.25) is 0 Å². The molecule has 0 bridgehead atoms. The van der Waals surface area contributed by atoms with Gasteiger partial charge in [0.1, 0.15) is 4.60 Å². The zero-order valence-electron chi connectivity index (χ0n) is 10.3. The van der Waals surface area contributed by atoms with E-state index >= 15 is 0 Å². The average molecular weight is 315 g/mol. The summed E-state index contributed by atoms with van der Waals surface area (Å²) < 4.78 is 0.468. The van der Waals surface area contributed by atoms with Crippen molar-refractivity contribution in [1.29, 1.82) is 0 Å². The number of pyridine rings is 1. The predicted octanol–water partition coefficient (Wildman–Crippen LogP) is 2.17. The maximum Gasteiger partial charge on any atom is 0.305 e. The Labute approximate surface area is 114 Å². The molecule has 98 valence electrons. The number of amides is 1. The quantitative estimate of drug-likeness (QED) is 0.846. The van der Waals surface area contributed by atoms with Gasteiger partial charge in [0.25, 0.3) is 5.91 Å². The number of hydrogen-bond donors (Lipinski definition) is 1. The molecule has 1 amide bonds. The molecule has 0 saturated heterocycles. The van der Waals surface area contributed by atoms with Crippen molar-refractivity contribution in [3.8, 4) is 0 Å². The molecule has 0 aliphatic carbocycles. The number of carboxylic acids is 1. The summed E-state index contributed by atoms with van der Waals surface area (Å²) >= 11 is 3.22. The number of halogens is 1. The summed E-state index contributed by atoms with van der Waals surface area (Å²) in [4.78, 5) is 28.5. The third kappa shape index (κ3) is 3.53. The first kappa shape index (κ1) is 14.6. The Hall–Kier alpha value is -1.43. The summed E-state index contributed by atoms with van der Waals surface area (Å²) in [6.45, 7) is 3.99. The van der Waals surface area contributed by atoms with Crippen LogP contribution in [0.5, 0.6) is 0 Å². The second-order valence-corrected chi connectivity index (χ2v) is 4.63. The third-order valence-electron chi connectivity index (χ3n) is 2.59. The largest absolute Gasteiger partial charge is 0.481 e. The SMILES string of the molecule is CCN(C(=O)c1cccnc1Br)C(C)CC(=O)O. The molecule has 0 aliphatic rings. The highest BCUT2D eigenvalue weighted by atomic mass is 79.9. The van der Waals surface area contributed by atoms with E-state index in [-0.39, 0.29) is 18.4 Å². The Bertz CT molecular complexity index is 451. The number of carbonyl (C=O) groups is 2. The van der Waals surface area contributed by atoms with Crippen LogP contribution in [-0.2, 0) is 4.79 Å². The van der Waals surface area contributed by atoms with Crippen LogP contribution in [-0.4, -0.2) is 39.5 Å². The molecule has 0 radical (unpaired) electrons. The lowest BCUT2D eigenvalue weighted by Crippen LogP contribution is -2.39. The summed E-state index contributed by atoms with van der Waals surface area (Å²) in [7, 11) is 0. The second-order valence-electron chi connectivity index (χ2n) is 3.88. The van der Waals surface area contributed by atoms with E-state index in [1.54, 1.807) is 25.3 Å². The van der Waals surface area contributed by atoms with Crippen LogP contribution in [0, 0.1) is 0 Å². The van der Waals surface area contributed by atoms with Gasteiger partial charge in [-0.1, -0.05) is 0 Å². The van der Waals surface area contributed by atoms with Crippen molar-refractivity contribution in [2.75, 3.05) is 6.54 Å². The van der Waals surface area contributed by atoms with Gasteiger partial charge in [0.15, 0.2) is 0 Å². The lowest BCUT2D eigenvalue weighted by molar-refractivity contribution is -0.138. The maximum absolute atomic E-state index is 12.3. The van der Waals surface area contributed by atoms with Crippen LogP contribution in [0.2, 0.25) is 0 Å². The molecule has 1 aromatic heterocycles. The van der Waals surface area contributed by atoms with Gasteiger partial charge < -0.3 is 10.0 Å². The van der Waals surface area contributed by atoms with Crippen molar-refractivity contribution >= 4 is 27.8 Å². The lowest BCUT2D eigenvalue weighted by Gasteiger charge is -2.27. The highest BCUT2D eigenvalue weighted by molar-refractivity contribution is 9.10. The number of aromatic nitrogens is 1. The Morgan fingerprint density at radius 1 is 1.56 bits per heavy atom. The van der Waals surface area contributed by atoms with Gasteiger partial charge in [-0.2, -0.15) is 0 Å². The van der Waals surface area contributed by atoms with Crippen LogP contribution < -0.4 is 0 Å². The van der Waals surface area contributed by atoms with Crippen LogP contribution in [0.4, 0.5) is 0 Å². The number of hydrogen-bond acceptors (Lipinski definition) is 3. The fraction of sp³-hybridized carbons (Fsp3) is 0.417. The van der Waals surface area contributed by atoms with E-state index in [0.717, 1.165) is 0 Å². The fourth-order valence-electron chi connectivity index (χ4n) is 1.72. The molecule has 1 aromatic rings. The first-order valence-electron chi connectivity index (χ1n) is 5.60. The van der Waals surface area contributed by atoms with Crippen LogP contribution >= 0.6 is 15.9 Å². The van der Waals surface area contributed by atoms with Crippen molar-refractivity contribution < 1.29 is 14.7 Å². The zero-order chi connectivity index (χ0) is 13.7. The van der Waals surface area contributed by atoms with Gasteiger partial charge in [-0.3, -0.25) is 9.59 Å². The van der Waals surface area contributed by atoms with Gasteiger partial charge in [-0.15, -0.1) is 0 Å². The molecule has 1 heterocycles. The molecule has 1 atom stereocenters. The Morgan fingerprint density at radius 3 is 2.72 bits per heavy atom. The van der Waals surface area contributed by atoms with E-state index in [1.165, 1.54) is 4.90 Å². The van der Waals surface area contributed by atoms with Gasteiger partial charge in [0, 0.05) is 18.8 Å². The van der Waals surface area contributed by atoms with Crippen LogP contribution in [0.3, 0.4) is 0 Å². The zero-order valence-corrected chi connectivity index (χ0v) is 11.8. The minimum absolute atomic E-state index is 0.0720. The Balaban J connectivity index is 2.92. The Morgan fingerprint density at radius 2 is 2.22 bits per heavy atom. The van der Waals surface area contributed by atoms with Crippen molar-refractivity contribution in [3.63, 3.8) is 0 Å². The summed E-state index contributed by atoms with van der Waals surface area (Å²) in [6, 6.07) is 2.98. The van der Waals surface area contributed by atoms with Crippen molar-refractivity contribution in [2.45, 2.75) is 26.3 Å². The topological polar surface area (TPSA) is 70.5 Å². The summed E-state index contributed by atoms with van der Waals surface area (Å²) in [5.41, 5.74) is 0.441. The van der Waals surface area contributed by atoms with Gasteiger partial charge in [-0.25, -0.2) is 4.98 Å². The number of carbonyl (C=O) groups excluding carboxylic acids is 1. The molecule has 0 aliphatic heterocycles. The average Bonchev–Trinajstić information content (AvgIpc) is 2.29. The van der Waals surface area contributed by atoms with Gasteiger partial charge in [0.05, 0.1) is 12.0 Å². The molecule has 0 saturated carbocycles. The predicted molar refractivity (Wildman–Crippen MR) is 70.4 cm³/mol. The monoisotopic (exact) mass is 314 g/mol. The second kappa shape index (κ2) is 6.49. The molecular formula is C12H15BrN2O3. The van der Waals surface area contributed by atoms with E-state index in [1.807, 2.05) is 6.92 Å². The smallest absolute Gasteiger partial charge is 0.305 e. The molecule has 18 heavy (non-hydrogen) atoms. The molecule has 0 fully saturated rings. The van der Waals surface area contributed by atoms with Gasteiger partial charge >= 0.3 is 5.97 Å². The van der Waals surface area contributed by atoms with Crippen LogP contribution in [0.1, 0.15) is 30.6 Å². The summed E-state index contributed by atoms with van der Waals surface area (Å²) in [6.07, 6.45) is 1.51. The van der Waals surface area contributed by atoms with E-state index in [0.29, 0.717) is 16.7 Å². The maximum atomic E-state index is 12.3. The van der Waals surface area contributed by atoms with Crippen molar-refractivity contribution in [2.24, 2.45) is 0 Å². The molecule has 1 rings (SSSR count). The minimum Gasteiger partial charge on any atom is -0.481 e. The molecule has 1 N–H and O–H groups in total. The number of aliphatic carboxylic acids is 1. The van der Waals surface area contributed by atoms with Crippen molar-refractivity contribution in [1.82, 2.24) is 9.88 Å². The summed E-state index contributed by atoms with van der Waals surface area (Å²) in [5, 5.41) is 8.78. The van der Waals surface area contributed by atoms with E-state index in [4.69, 9.17) is 5.11 Å². The number of carboxylic acid groups (broad SMARTS) is 1. The highest BCUT2D eigenvalue weighted by Crippen LogP contribution is 2.17. The molecule has 6 heteroatoms. The number of rotatable bonds is 5. The highest BCUT2D eigenvalue weighted by Gasteiger charge is 2.23. The van der Waals surface area contributed by atoms with Gasteiger partial charge in [-0.05, 0) is 41.9 Å². The Kier molecular flexibility index (Phi) is 5.27. The normalized spacial score (nSPS) is 11.9. The van der Waals surface area contributed by atoms with Crippen LogP contribution in [0.25, 0.3) is 0 Å². The lowest BCUT2D eigenvalue weighted by atomic mass is 10.1. The van der Waals surface area contributed by atoms with E-state index in [9.17, 15) is 9.59 Å². The first-order valence-corrected chi connectivity index (χ1v) is 6.40. The first-order chi connectivity index (χ1) is 8.47. The van der Waals surface area contributed by atoms with Crippen molar-refractivity contribution in [3.05, 3.63) is 28.5 Å². The molecule has 1 unspecified atom stereocenters. The van der Waals surface area contributed by atoms with E-state index < -0.39 is 5.97 Å². The van der Waals surface area contributed by atoms with Crippen LogP contribution in [0.15, 0.2) is 22.9 Å². The molecular weight excluding hydrogens is 300 g/mol. The molecule has 5 nitrogen and oxygen atoms in total. The number of nitrogens with zero attached hydrogens (tertiary/aromatic N) is 2. The standard InChI is InChI=1S/C12H15BrN2O3/c1-3-15(8(2)7-10(16)17)12(18)9-5-4-6-14-11(9)13/h4-6,8H,3,7H2,1-2H3,(H,16,17). The molecule has 0 aromatic carbocycles. The summed E-state index contributed by atoms with van der Waals surface area (Å²) in [5.74, 6) is -1.13. The molecule has 0 spiro atoms. The third-order valence-corrected chi connectivity index (χ3v) is 3.23. The van der Waals surface area contributed by atoms with E-state index in [2.05, 4.69) is 20.9 Å².